The fourth-order valence-corrected chi connectivity index (χ4v) is 5.12. The number of carbonyl (C=O) groups is 2. The highest BCUT2D eigenvalue weighted by Crippen LogP contribution is 2.43. The first-order valence-corrected chi connectivity index (χ1v) is 10.1. The van der Waals surface area contributed by atoms with Gasteiger partial charge in [-0.25, -0.2) is 9.18 Å². The minimum Gasteiger partial charge on any atom is -0.508 e. The minimum absolute atomic E-state index is 0.0129. The highest BCUT2D eigenvalue weighted by Gasteiger charge is 2.42. The van der Waals surface area contributed by atoms with Crippen LogP contribution in [0.25, 0.3) is 5.57 Å². The van der Waals surface area contributed by atoms with E-state index in [2.05, 4.69) is 11.4 Å². The number of hydrogen-bond donors (Lipinski definition) is 2. The van der Waals surface area contributed by atoms with Crippen LogP contribution in [0.5, 0.6) is 5.75 Å². The van der Waals surface area contributed by atoms with Crippen molar-refractivity contribution in [2.45, 2.75) is 17.4 Å². The average molecular weight is 411 g/mol. The largest absolute Gasteiger partial charge is 0.508 e. The number of nitrogens with zero attached hydrogens (tertiary/aromatic N) is 2. The van der Waals surface area contributed by atoms with Gasteiger partial charge in [-0.3, -0.25) is 9.10 Å². The maximum absolute atomic E-state index is 13.5. The third-order valence-electron chi connectivity index (χ3n) is 5.58. The summed E-state index contributed by atoms with van der Waals surface area (Å²) in [4.78, 5) is 27.6. The molecular formula is C21H18FN3O3S. The highest BCUT2D eigenvalue weighted by atomic mass is 32.2. The van der Waals surface area contributed by atoms with Gasteiger partial charge >= 0.3 is 6.03 Å². The van der Waals surface area contributed by atoms with E-state index in [1.165, 1.54) is 28.1 Å². The van der Waals surface area contributed by atoms with Crippen LogP contribution in [-0.4, -0.2) is 45.4 Å². The number of hydrogen-bond acceptors (Lipinski definition) is 4. The van der Waals surface area contributed by atoms with Crippen LogP contribution in [0.4, 0.5) is 14.9 Å². The Bertz CT molecular complexity index is 1040. The second kappa shape index (κ2) is 6.81. The van der Waals surface area contributed by atoms with Gasteiger partial charge in [-0.2, -0.15) is 0 Å². The Labute approximate surface area is 171 Å². The number of phenols is 1. The number of aromatic hydroxyl groups is 1. The van der Waals surface area contributed by atoms with Gasteiger partial charge in [0.05, 0.1) is 16.6 Å². The Hall–Kier alpha value is -3.00. The van der Waals surface area contributed by atoms with Crippen LogP contribution in [0.1, 0.15) is 12.0 Å². The molecule has 2 aromatic carbocycles. The van der Waals surface area contributed by atoms with Gasteiger partial charge in [-0.05, 0) is 59.8 Å². The Balaban J connectivity index is 1.28. The number of halogens is 1. The van der Waals surface area contributed by atoms with Crippen LogP contribution < -0.4 is 5.32 Å². The number of amides is 3. The van der Waals surface area contributed by atoms with E-state index in [9.17, 15) is 19.1 Å². The molecule has 0 saturated carbocycles. The second-order valence-corrected chi connectivity index (χ2v) is 8.48. The molecule has 2 atom stereocenters. The van der Waals surface area contributed by atoms with Crippen molar-refractivity contribution in [2.75, 3.05) is 18.4 Å². The molecule has 2 bridgehead atoms. The van der Waals surface area contributed by atoms with Crippen molar-refractivity contribution in [3.8, 4) is 5.75 Å². The molecule has 0 aromatic heterocycles. The van der Waals surface area contributed by atoms with Gasteiger partial charge in [-0.15, -0.1) is 0 Å². The highest BCUT2D eigenvalue weighted by molar-refractivity contribution is 7.97. The summed E-state index contributed by atoms with van der Waals surface area (Å²) < 4.78 is 14.8. The molecule has 6 nitrogen and oxygen atoms in total. The van der Waals surface area contributed by atoms with E-state index >= 15 is 0 Å². The molecule has 0 radical (unpaired) electrons. The molecule has 0 spiro atoms. The van der Waals surface area contributed by atoms with Crippen molar-refractivity contribution < 1.29 is 19.1 Å². The Morgan fingerprint density at radius 1 is 1.24 bits per heavy atom. The Morgan fingerprint density at radius 2 is 2.03 bits per heavy atom. The lowest BCUT2D eigenvalue weighted by molar-refractivity contribution is -0.131. The Morgan fingerprint density at radius 3 is 2.76 bits per heavy atom. The zero-order valence-corrected chi connectivity index (χ0v) is 16.2. The molecule has 148 valence electrons. The number of likely N-dealkylation sites (tertiary alicyclic amines) is 1. The maximum atomic E-state index is 13.5. The first kappa shape index (κ1) is 18.1. The van der Waals surface area contributed by atoms with Gasteiger partial charge in [0, 0.05) is 12.5 Å². The molecule has 1 aliphatic carbocycles. The number of rotatable bonds is 3. The van der Waals surface area contributed by atoms with Crippen molar-refractivity contribution in [3.63, 3.8) is 0 Å². The molecule has 2 N–H and O–H groups in total. The topological polar surface area (TPSA) is 72.9 Å². The number of fused-ring (bicyclic) bond motifs is 3. The first-order valence-electron chi connectivity index (χ1n) is 9.34. The fraction of sp³-hybridized carbons (Fsp3) is 0.238. The van der Waals surface area contributed by atoms with Crippen molar-refractivity contribution in [2.24, 2.45) is 5.92 Å². The van der Waals surface area contributed by atoms with Crippen molar-refractivity contribution in [3.05, 3.63) is 59.9 Å². The summed E-state index contributed by atoms with van der Waals surface area (Å²) in [7, 11) is 0. The number of carbonyl (C=O) groups excluding carboxylic acids is 2. The molecule has 2 unspecified atom stereocenters. The van der Waals surface area contributed by atoms with Gasteiger partial charge in [0.2, 0.25) is 5.91 Å². The van der Waals surface area contributed by atoms with Gasteiger partial charge < -0.3 is 15.3 Å². The summed E-state index contributed by atoms with van der Waals surface area (Å²) in [5.41, 5.74) is 2.81. The minimum atomic E-state index is -0.387. The standard InChI is InChI=1S/C21H18FN3O3S/c22-14-3-6-18-19(8-14)29-25(21(28)23-18)11-20(27)24-10-13-7-15(24)9-17(13)12-1-4-16(26)5-2-12/h1-6,8-9,13,15,26H,7,10-11H2,(H,23,28). The van der Waals surface area contributed by atoms with Crippen molar-refractivity contribution in [1.29, 1.82) is 0 Å². The molecule has 1 saturated heterocycles. The third-order valence-corrected chi connectivity index (χ3v) is 6.63. The van der Waals surface area contributed by atoms with E-state index in [1.54, 1.807) is 12.1 Å². The van der Waals surface area contributed by atoms with E-state index in [-0.39, 0.29) is 42.0 Å². The van der Waals surface area contributed by atoms with Crippen LogP contribution in [0, 0.1) is 11.7 Å². The normalized spacial score (nSPS) is 22.4. The van der Waals surface area contributed by atoms with E-state index in [1.807, 2.05) is 17.0 Å². The zero-order chi connectivity index (χ0) is 20.1. The molecule has 2 aromatic rings. The summed E-state index contributed by atoms with van der Waals surface area (Å²) in [5.74, 6) is -0.0253. The van der Waals surface area contributed by atoms with Crippen LogP contribution in [-0.2, 0) is 4.79 Å². The maximum Gasteiger partial charge on any atom is 0.332 e. The number of urea groups is 1. The average Bonchev–Trinajstić information content (AvgIpc) is 3.30. The number of nitrogens with one attached hydrogen (secondary N) is 1. The van der Waals surface area contributed by atoms with E-state index in [4.69, 9.17) is 0 Å². The molecule has 29 heavy (non-hydrogen) atoms. The van der Waals surface area contributed by atoms with Gasteiger partial charge in [-0.1, -0.05) is 18.2 Å². The quantitative estimate of drug-likeness (QED) is 0.756. The number of phenolic OH excluding ortho intramolecular Hbond substituents is 1. The van der Waals surface area contributed by atoms with Gasteiger partial charge in [0.1, 0.15) is 18.1 Å². The molecule has 3 aliphatic rings. The molecule has 2 aliphatic heterocycles. The molecule has 5 rings (SSSR count). The zero-order valence-electron chi connectivity index (χ0n) is 15.3. The van der Waals surface area contributed by atoms with Crippen molar-refractivity contribution >= 4 is 35.1 Å². The predicted octanol–water partition coefficient (Wildman–Crippen LogP) is 3.70. The van der Waals surface area contributed by atoms with Crippen LogP contribution in [0.3, 0.4) is 0 Å². The predicted molar refractivity (Wildman–Crippen MR) is 108 cm³/mol. The number of anilines is 1. The molecule has 1 fully saturated rings. The molecule has 3 amide bonds. The lowest BCUT2D eigenvalue weighted by Gasteiger charge is -2.31. The van der Waals surface area contributed by atoms with E-state index in [0.717, 1.165) is 23.9 Å². The summed E-state index contributed by atoms with van der Waals surface area (Å²) in [6.45, 7) is 0.541. The SMILES string of the molecule is O=C1Nc2ccc(F)cc2SN1CC(=O)N1CC2CC1C=C2c1ccc(O)cc1. The lowest BCUT2D eigenvalue weighted by Crippen LogP contribution is -2.45. The molecule has 2 heterocycles. The lowest BCUT2D eigenvalue weighted by atomic mass is 9.95. The van der Waals surface area contributed by atoms with Gasteiger partial charge in [0.25, 0.3) is 0 Å². The first-order chi connectivity index (χ1) is 14.0. The summed E-state index contributed by atoms with van der Waals surface area (Å²) in [6, 6.07) is 10.9. The van der Waals surface area contributed by atoms with Crippen LogP contribution in [0.2, 0.25) is 0 Å². The van der Waals surface area contributed by atoms with Crippen LogP contribution in [0.15, 0.2) is 53.4 Å². The van der Waals surface area contributed by atoms with E-state index in [0.29, 0.717) is 17.1 Å². The van der Waals surface area contributed by atoms with E-state index < -0.39 is 0 Å². The number of benzene rings is 2. The monoisotopic (exact) mass is 411 g/mol. The summed E-state index contributed by atoms with van der Waals surface area (Å²) in [6.07, 6.45) is 2.97. The summed E-state index contributed by atoms with van der Waals surface area (Å²) >= 11 is 1.08. The third kappa shape index (κ3) is 3.23. The fourth-order valence-electron chi connectivity index (χ4n) is 4.20. The van der Waals surface area contributed by atoms with Crippen molar-refractivity contribution in [1.82, 2.24) is 9.21 Å². The molecular weight excluding hydrogens is 393 g/mol. The van der Waals surface area contributed by atoms with Crippen LogP contribution >= 0.6 is 11.9 Å². The molecule has 8 heteroatoms. The smallest absolute Gasteiger partial charge is 0.332 e. The Kier molecular flexibility index (Phi) is 4.24. The second-order valence-electron chi connectivity index (χ2n) is 7.41. The summed E-state index contributed by atoms with van der Waals surface area (Å²) in [5, 5.41) is 12.2. The van der Waals surface area contributed by atoms with Gasteiger partial charge in [0.15, 0.2) is 0 Å².